The van der Waals surface area contributed by atoms with Crippen molar-refractivity contribution in [2.75, 3.05) is 11.4 Å². The number of para-hydroxylation sites is 1. The first-order valence-corrected chi connectivity index (χ1v) is 12.3. The Morgan fingerprint density at radius 1 is 1.14 bits per heavy atom. The van der Waals surface area contributed by atoms with Gasteiger partial charge in [0.15, 0.2) is 23.8 Å². The largest absolute Gasteiger partial charge is 0.349 e. The van der Waals surface area contributed by atoms with Gasteiger partial charge in [0.25, 0.3) is 5.56 Å². The van der Waals surface area contributed by atoms with Crippen LogP contribution >= 0.6 is 23.9 Å². The molecule has 0 unspecified atom stereocenters. The molecule has 1 aromatic carbocycles. The summed E-state index contributed by atoms with van der Waals surface area (Å²) in [7, 11) is 0. The lowest BCUT2D eigenvalue weighted by Crippen LogP contribution is -2.32. The van der Waals surface area contributed by atoms with Crippen molar-refractivity contribution in [1.82, 2.24) is 28.1 Å². The van der Waals surface area contributed by atoms with E-state index in [9.17, 15) is 8.68 Å². The van der Waals surface area contributed by atoms with Gasteiger partial charge in [-0.05, 0) is 37.6 Å². The van der Waals surface area contributed by atoms with E-state index in [0.29, 0.717) is 40.1 Å². The minimum atomic E-state index is -0.263. The average Bonchev–Trinajstić information content (AvgIpc) is 3.43. The lowest BCUT2D eigenvalue weighted by Gasteiger charge is -2.24. The highest BCUT2D eigenvalue weighted by molar-refractivity contribution is 7.92. The number of aromatic nitrogens is 6. The van der Waals surface area contributed by atoms with E-state index in [4.69, 9.17) is 16.7 Å². The van der Waals surface area contributed by atoms with E-state index in [0.717, 1.165) is 10.9 Å². The Balaban J connectivity index is 0.00000141. The number of halogens is 2. The molecule has 0 aliphatic rings. The van der Waals surface area contributed by atoms with Gasteiger partial charge in [-0.25, -0.2) is 18.5 Å². The van der Waals surface area contributed by atoms with Crippen LogP contribution in [-0.4, -0.2) is 34.7 Å². The summed E-state index contributed by atoms with van der Waals surface area (Å²) in [6, 6.07) is 11.0. The molecule has 0 N–H and O–H groups in total. The van der Waals surface area contributed by atoms with Crippen molar-refractivity contribution in [3.63, 3.8) is 0 Å². The second kappa shape index (κ2) is 10.5. The Morgan fingerprint density at radius 3 is 2.57 bits per heavy atom. The lowest BCUT2D eigenvalue weighted by atomic mass is 10.2. The van der Waals surface area contributed by atoms with Gasteiger partial charge in [-0.15, -0.1) is 3.89 Å². The van der Waals surface area contributed by atoms with Crippen molar-refractivity contribution in [1.29, 1.82) is 0 Å². The number of rotatable bonds is 6. The minimum Gasteiger partial charge on any atom is -0.349 e. The SMILES string of the molecule is CC.CCN(Cc1nn2ccc(Cl)c2c(=O)n1-c1ccccc1)c1ncnc2c1c(C)cn2SF. The Kier molecular flexibility index (Phi) is 7.42. The highest BCUT2D eigenvalue weighted by Crippen LogP contribution is 2.31. The van der Waals surface area contributed by atoms with Gasteiger partial charge in [-0.1, -0.05) is 43.6 Å². The summed E-state index contributed by atoms with van der Waals surface area (Å²) in [6.45, 7) is 8.74. The monoisotopic (exact) mass is 513 g/mol. The molecular weight excluding hydrogens is 489 g/mol. The summed E-state index contributed by atoms with van der Waals surface area (Å²) in [5.41, 5.74) is 2.07. The van der Waals surface area contributed by atoms with Gasteiger partial charge in [-0.2, -0.15) is 5.10 Å². The van der Waals surface area contributed by atoms with E-state index in [1.165, 1.54) is 14.8 Å². The number of nitrogens with zero attached hydrogens (tertiary/aromatic N) is 7. The zero-order valence-corrected chi connectivity index (χ0v) is 21.4. The summed E-state index contributed by atoms with van der Waals surface area (Å²) in [6.07, 6.45) is 4.77. The summed E-state index contributed by atoms with van der Waals surface area (Å²) < 4.78 is 17.9. The summed E-state index contributed by atoms with van der Waals surface area (Å²) in [4.78, 5) is 24.2. The molecular formula is C24H25ClFN7OS. The molecule has 35 heavy (non-hydrogen) atoms. The number of fused-ring (bicyclic) bond motifs is 2. The quantitative estimate of drug-likeness (QED) is 0.293. The third-order valence-electron chi connectivity index (χ3n) is 5.53. The fourth-order valence-electron chi connectivity index (χ4n) is 4.01. The van der Waals surface area contributed by atoms with Crippen molar-refractivity contribution in [2.45, 2.75) is 34.2 Å². The third kappa shape index (κ3) is 4.39. The van der Waals surface area contributed by atoms with E-state index in [1.54, 1.807) is 23.0 Å². The molecule has 0 radical (unpaired) electrons. The molecule has 0 saturated heterocycles. The van der Waals surface area contributed by atoms with Gasteiger partial charge in [-0.3, -0.25) is 9.36 Å². The average molecular weight is 514 g/mol. The summed E-state index contributed by atoms with van der Waals surface area (Å²) >= 11 is 6.37. The maximum atomic E-state index is 13.5. The van der Waals surface area contributed by atoms with E-state index in [1.807, 2.05) is 62.9 Å². The van der Waals surface area contributed by atoms with Crippen LogP contribution in [0.4, 0.5) is 9.70 Å². The molecule has 5 rings (SSSR count). The molecule has 5 aromatic rings. The molecule has 0 fully saturated rings. The number of hydrogen-bond donors (Lipinski definition) is 0. The first-order chi connectivity index (χ1) is 17.0. The lowest BCUT2D eigenvalue weighted by molar-refractivity contribution is 0.685. The Hall–Kier alpha value is -3.37. The first kappa shape index (κ1) is 24.7. The zero-order chi connectivity index (χ0) is 25.1. The Morgan fingerprint density at radius 2 is 1.89 bits per heavy atom. The van der Waals surface area contributed by atoms with Gasteiger partial charge >= 0.3 is 0 Å². The van der Waals surface area contributed by atoms with E-state index >= 15 is 0 Å². The molecule has 0 amide bonds. The van der Waals surface area contributed by atoms with Crippen LogP contribution in [0.1, 0.15) is 32.2 Å². The maximum absolute atomic E-state index is 13.5. The molecule has 4 heterocycles. The van der Waals surface area contributed by atoms with Crippen LogP contribution in [0.25, 0.3) is 22.2 Å². The van der Waals surface area contributed by atoms with Crippen LogP contribution < -0.4 is 10.5 Å². The van der Waals surface area contributed by atoms with Gasteiger partial charge < -0.3 is 4.90 Å². The fraction of sp³-hybridized carbons (Fsp3) is 0.250. The van der Waals surface area contributed by atoms with E-state index < -0.39 is 0 Å². The number of anilines is 1. The molecule has 4 aromatic heterocycles. The number of benzene rings is 1. The van der Waals surface area contributed by atoms with E-state index in [-0.39, 0.29) is 24.4 Å². The van der Waals surface area contributed by atoms with Crippen molar-refractivity contribution >= 4 is 46.3 Å². The second-order valence-corrected chi connectivity index (χ2v) is 8.40. The second-order valence-electron chi connectivity index (χ2n) is 7.47. The van der Waals surface area contributed by atoms with Crippen molar-refractivity contribution in [3.05, 3.63) is 81.9 Å². The zero-order valence-electron chi connectivity index (χ0n) is 19.8. The maximum Gasteiger partial charge on any atom is 0.284 e. The molecule has 8 nitrogen and oxygen atoms in total. The minimum absolute atomic E-state index is 0.0908. The van der Waals surface area contributed by atoms with Crippen LogP contribution in [0.3, 0.4) is 0 Å². The van der Waals surface area contributed by atoms with E-state index in [2.05, 4.69) is 9.97 Å². The van der Waals surface area contributed by atoms with Gasteiger partial charge in [0, 0.05) is 18.9 Å². The van der Waals surface area contributed by atoms with Gasteiger partial charge in [0.1, 0.15) is 17.7 Å². The normalized spacial score (nSPS) is 11.0. The number of aryl methyl sites for hydroxylation is 1. The van der Waals surface area contributed by atoms with Crippen LogP contribution in [0.5, 0.6) is 0 Å². The number of hydrogen-bond acceptors (Lipinski definition) is 6. The molecule has 0 spiro atoms. The fourth-order valence-corrected chi connectivity index (χ4v) is 4.63. The standard InChI is InChI=1S/C22H19ClFN7OS.C2H6/c1-3-28(20-18-14(2)11-30(33-24)21(18)26-13-25-20)12-17-27-29-10-9-16(23)19(29)22(32)31(17)15-7-5-4-6-8-15;1-2/h4-11,13H,3,12H2,1-2H3;1-2H3. The topological polar surface area (TPSA) is 73.2 Å². The molecule has 0 aliphatic heterocycles. The molecule has 0 saturated carbocycles. The van der Waals surface area contributed by atoms with Crippen molar-refractivity contribution in [3.8, 4) is 5.69 Å². The van der Waals surface area contributed by atoms with Crippen molar-refractivity contribution < 1.29 is 3.89 Å². The smallest absolute Gasteiger partial charge is 0.284 e. The predicted octanol–water partition coefficient (Wildman–Crippen LogP) is 5.63. The predicted molar refractivity (Wildman–Crippen MR) is 140 cm³/mol. The molecule has 0 aliphatic carbocycles. The molecule has 0 atom stereocenters. The highest BCUT2D eigenvalue weighted by Gasteiger charge is 2.21. The van der Waals surface area contributed by atoms with Crippen LogP contribution in [-0.2, 0) is 6.54 Å². The Bertz CT molecular complexity index is 1530. The molecule has 11 heteroatoms. The molecule has 182 valence electrons. The van der Waals surface area contributed by atoms with Crippen molar-refractivity contribution in [2.24, 2.45) is 0 Å². The first-order valence-electron chi connectivity index (χ1n) is 11.2. The van der Waals surface area contributed by atoms with Crippen LogP contribution in [0, 0.1) is 6.92 Å². The molecule has 0 bridgehead atoms. The van der Waals surface area contributed by atoms with Crippen LogP contribution in [0.2, 0.25) is 5.02 Å². The summed E-state index contributed by atoms with van der Waals surface area (Å²) in [5.74, 6) is 1.16. The van der Waals surface area contributed by atoms with Crippen LogP contribution in [0.15, 0.2) is 59.9 Å². The summed E-state index contributed by atoms with van der Waals surface area (Å²) in [5, 5.41) is 5.81. The Labute approximate surface area is 211 Å². The third-order valence-corrected chi connectivity index (χ3v) is 6.26. The van der Waals surface area contributed by atoms with Gasteiger partial charge in [0.05, 0.1) is 22.6 Å². The highest BCUT2D eigenvalue weighted by atomic mass is 35.5. The van der Waals surface area contributed by atoms with Gasteiger partial charge in [0.2, 0.25) is 0 Å².